The van der Waals surface area contributed by atoms with Gasteiger partial charge in [0.25, 0.3) is 0 Å². The van der Waals surface area contributed by atoms with Crippen LogP contribution in [0.2, 0.25) is 10.0 Å². The minimum Gasteiger partial charge on any atom is -0.192 e. The van der Waals surface area contributed by atoms with Crippen LogP contribution in [0.15, 0.2) is 48.5 Å². The summed E-state index contributed by atoms with van der Waals surface area (Å²) in [5, 5.41) is 10.4. The van der Waals surface area contributed by atoms with Gasteiger partial charge in [-0.1, -0.05) is 71.2 Å². The molecule has 0 radical (unpaired) electrons. The highest BCUT2D eigenvalue weighted by Crippen LogP contribution is 2.37. The van der Waals surface area contributed by atoms with E-state index < -0.39 is 0 Å². The molecule has 0 spiro atoms. The SMILES string of the molecule is N#CC(=C(Cl)c1c(Cl)cccc1Cl)c1ccccc1. The number of hydrogen-bond acceptors (Lipinski definition) is 1. The van der Waals surface area contributed by atoms with E-state index in [4.69, 9.17) is 34.8 Å². The van der Waals surface area contributed by atoms with Crippen LogP contribution in [0.5, 0.6) is 0 Å². The van der Waals surface area contributed by atoms with Gasteiger partial charge in [0.2, 0.25) is 0 Å². The molecular formula is C15H8Cl3N. The Morgan fingerprint density at radius 3 is 2.00 bits per heavy atom. The average Bonchev–Trinajstić information content (AvgIpc) is 2.40. The maximum atomic E-state index is 9.31. The molecule has 2 rings (SSSR count). The van der Waals surface area contributed by atoms with Crippen LogP contribution >= 0.6 is 34.8 Å². The Kier molecular flexibility index (Phi) is 4.50. The lowest BCUT2D eigenvalue weighted by atomic mass is 10.0. The van der Waals surface area contributed by atoms with Crippen molar-refractivity contribution in [1.82, 2.24) is 0 Å². The number of allylic oxidation sites excluding steroid dienone is 1. The molecule has 0 aliphatic rings. The number of benzene rings is 2. The van der Waals surface area contributed by atoms with Crippen molar-refractivity contribution in [2.45, 2.75) is 0 Å². The maximum absolute atomic E-state index is 9.31. The van der Waals surface area contributed by atoms with Crippen molar-refractivity contribution in [3.8, 4) is 6.07 Å². The van der Waals surface area contributed by atoms with Crippen LogP contribution in [0.25, 0.3) is 10.6 Å². The van der Waals surface area contributed by atoms with Crippen LogP contribution in [-0.2, 0) is 0 Å². The van der Waals surface area contributed by atoms with Crippen molar-refractivity contribution in [3.63, 3.8) is 0 Å². The van der Waals surface area contributed by atoms with Gasteiger partial charge in [0, 0.05) is 5.56 Å². The quantitative estimate of drug-likeness (QED) is 0.521. The standard InChI is InChI=1S/C15H8Cl3N/c16-12-7-4-8-13(17)14(12)15(18)11(9-19)10-5-2-1-3-6-10/h1-8H. The number of nitrogens with zero attached hydrogens (tertiary/aromatic N) is 1. The monoisotopic (exact) mass is 307 g/mol. The van der Waals surface area contributed by atoms with Gasteiger partial charge in [-0.3, -0.25) is 0 Å². The molecule has 0 unspecified atom stereocenters. The molecule has 0 fully saturated rings. The van der Waals surface area contributed by atoms with E-state index in [1.807, 2.05) is 30.3 Å². The zero-order chi connectivity index (χ0) is 13.8. The highest BCUT2D eigenvalue weighted by Gasteiger charge is 2.15. The molecule has 0 N–H and O–H groups in total. The molecule has 1 nitrogen and oxygen atoms in total. The average molecular weight is 309 g/mol. The normalized spacial score (nSPS) is 11.7. The molecule has 0 aliphatic heterocycles. The summed E-state index contributed by atoms with van der Waals surface area (Å²) in [6.45, 7) is 0. The Labute approximate surface area is 126 Å². The van der Waals surface area contributed by atoms with Crippen LogP contribution in [-0.4, -0.2) is 0 Å². The zero-order valence-corrected chi connectivity index (χ0v) is 12.0. The van der Waals surface area contributed by atoms with Gasteiger partial charge in [-0.15, -0.1) is 0 Å². The summed E-state index contributed by atoms with van der Waals surface area (Å²) in [4.78, 5) is 0. The van der Waals surface area contributed by atoms with E-state index in [0.29, 0.717) is 21.2 Å². The Balaban J connectivity index is 2.67. The Hall–Kier alpha value is -1.46. The topological polar surface area (TPSA) is 23.8 Å². The van der Waals surface area contributed by atoms with E-state index in [1.54, 1.807) is 18.2 Å². The lowest BCUT2D eigenvalue weighted by Crippen LogP contribution is -1.88. The summed E-state index contributed by atoms with van der Waals surface area (Å²) in [6.07, 6.45) is 0. The number of hydrogen-bond donors (Lipinski definition) is 0. The van der Waals surface area contributed by atoms with E-state index in [1.165, 1.54) is 0 Å². The van der Waals surface area contributed by atoms with Crippen LogP contribution < -0.4 is 0 Å². The first kappa shape index (κ1) is 14.0. The largest absolute Gasteiger partial charge is 0.192 e. The molecule has 0 saturated heterocycles. The van der Waals surface area contributed by atoms with Gasteiger partial charge in [0.05, 0.1) is 20.7 Å². The second-order valence-electron chi connectivity index (χ2n) is 3.76. The van der Waals surface area contributed by atoms with Crippen molar-refractivity contribution in [2.75, 3.05) is 0 Å². The van der Waals surface area contributed by atoms with Crippen molar-refractivity contribution < 1.29 is 0 Å². The first-order valence-corrected chi connectivity index (χ1v) is 6.58. The molecule has 0 heterocycles. The third-order valence-electron chi connectivity index (χ3n) is 2.58. The van der Waals surface area contributed by atoms with Gasteiger partial charge in [-0.05, 0) is 17.7 Å². The van der Waals surface area contributed by atoms with E-state index >= 15 is 0 Å². The smallest absolute Gasteiger partial charge is 0.101 e. The van der Waals surface area contributed by atoms with Gasteiger partial charge in [0.1, 0.15) is 6.07 Å². The fourth-order valence-corrected chi connectivity index (χ4v) is 2.72. The third kappa shape index (κ3) is 2.93. The van der Waals surface area contributed by atoms with E-state index in [-0.39, 0.29) is 5.03 Å². The Morgan fingerprint density at radius 1 is 0.895 bits per heavy atom. The maximum Gasteiger partial charge on any atom is 0.101 e. The van der Waals surface area contributed by atoms with Gasteiger partial charge in [-0.2, -0.15) is 5.26 Å². The molecule has 2 aromatic carbocycles. The minimum absolute atomic E-state index is 0.254. The second-order valence-corrected chi connectivity index (χ2v) is 4.96. The van der Waals surface area contributed by atoms with Crippen molar-refractivity contribution >= 4 is 45.4 Å². The summed E-state index contributed by atoms with van der Waals surface area (Å²) in [7, 11) is 0. The van der Waals surface area contributed by atoms with Gasteiger partial charge in [0.15, 0.2) is 0 Å². The first-order valence-electron chi connectivity index (χ1n) is 5.45. The van der Waals surface area contributed by atoms with Crippen LogP contribution in [0.4, 0.5) is 0 Å². The van der Waals surface area contributed by atoms with Crippen molar-refractivity contribution in [3.05, 3.63) is 69.7 Å². The zero-order valence-electron chi connectivity index (χ0n) is 9.70. The highest BCUT2D eigenvalue weighted by molar-refractivity contribution is 6.56. The summed E-state index contributed by atoms with van der Waals surface area (Å²) in [5.74, 6) is 0. The number of halogens is 3. The fraction of sp³-hybridized carbons (Fsp3) is 0. The highest BCUT2D eigenvalue weighted by atomic mass is 35.5. The van der Waals surface area contributed by atoms with Gasteiger partial charge in [-0.25, -0.2) is 0 Å². The molecule has 0 amide bonds. The van der Waals surface area contributed by atoms with Crippen LogP contribution in [0, 0.1) is 11.3 Å². The fourth-order valence-electron chi connectivity index (χ4n) is 1.68. The molecule has 94 valence electrons. The van der Waals surface area contributed by atoms with Crippen LogP contribution in [0.3, 0.4) is 0 Å². The molecule has 4 heteroatoms. The number of rotatable bonds is 2. The summed E-state index contributed by atoms with van der Waals surface area (Å²) in [6, 6.07) is 16.4. The van der Waals surface area contributed by atoms with Gasteiger partial charge < -0.3 is 0 Å². The summed E-state index contributed by atoms with van der Waals surface area (Å²) >= 11 is 18.5. The molecule has 0 bridgehead atoms. The predicted octanol–water partition coefficient (Wildman–Crippen LogP) is 5.62. The first-order chi connectivity index (χ1) is 9.15. The van der Waals surface area contributed by atoms with E-state index in [0.717, 1.165) is 5.56 Å². The summed E-state index contributed by atoms with van der Waals surface area (Å²) < 4.78 is 0. The molecule has 0 aromatic heterocycles. The molecule has 0 saturated carbocycles. The molecule has 2 aromatic rings. The van der Waals surface area contributed by atoms with Crippen molar-refractivity contribution in [2.24, 2.45) is 0 Å². The third-order valence-corrected chi connectivity index (χ3v) is 3.58. The molecule has 0 atom stereocenters. The van der Waals surface area contributed by atoms with Crippen LogP contribution in [0.1, 0.15) is 11.1 Å². The Bertz CT molecular complexity index is 649. The molecule has 0 aliphatic carbocycles. The van der Waals surface area contributed by atoms with Crippen molar-refractivity contribution in [1.29, 1.82) is 5.26 Å². The lowest BCUT2D eigenvalue weighted by molar-refractivity contribution is 1.52. The van der Waals surface area contributed by atoms with E-state index in [2.05, 4.69) is 6.07 Å². The number of nitriles is 1. The summed E-state index contributed by atoms with van der Waals surface area (Å²) in [5.41, 5.74) is 1.55. The molecule has 19 heavy (non-hydrogen) atoms. The molecular weight excluding hydrogens is 301 g/mol. The Morgan fingerprint density at radius 2 is 1.47 bits per heavy atom. The van der Waals surface area contributed by atoms with E-state index in [9.17, 15) is 5.26 Å². The van der Waals surface area contributed by atoms with Gasteiger partial charge >= 0.3 is 0 Å². The predicted molar refractivity (Wildman–Crippen MR) is 81.2 cm³/mol. The lowest BCUT2D eigenvalue weighted by Gasteiger charge is -2.08. The minimum atomic E-state index is 0.254. The second kappa shape index (κ2) is 6.12.